The number of hydrogen-bond donors (Lipinski definition) is 0. The summed E-state index contributed by atoms with van der Waals surface area (Å²) in [5.41, 5.74) is 1.90. The van der Waals surface area contributed by atoms with Crippen molar-refractivity contribution in [1.29, 1.82) is 0 Å². The van der Waals surface area contributed by atoms with Gasteiger partial charge in [-0.1, -0.05) is 51.3 Å². The number of hydrogen-bond acceptors (Lipinski definition) is 2. The van der Waals surface area contributed by atoms with Crippen molar-refractivity contribution in [2.45, 2.75) is 57.9 Å². The normalized spacial score (nSPS) is 23.0. The smallest absolute Gasteiger partial charge is 0.0367 e. The van der Waals surface area contributed by atoms with Gasteiger partial charge < -0.3 is 4.90 Å². The zero-order valence-corrected chi connectivity index (χ0v) is 14.4. The summed E-state index contributed by atoms with van der Waals surface area (Å²) < 4.78 is 0. The summed E-state index contributed by atoms with van der Waals surface area (Å²) >= 11 is 0. The molecular formula is C20H32N2. The van der Waals surface area contributed by atoms with E-state index in [1.54, 1.807) is 0 Å². The van der Waals surface area contributed by atoms with Gasteiger partial charge in [-0.15, -0.1) is 0 Å². The van der Waals surface area contributed by atoms with Crippen molar-refractivity contribution in [2.75, 3.05) is 31.1 Å². The van der Waals surface area contributed by atoms with Crippen LogP contribution in [0, 0.1) is 5.92 Å². The van der Waals surface area contributed by atoms with Crippen LogP contribution in [0.3, 0.4) is 0 Å². The van der Waals surface area contributed by atoms with Crippen LogP contribution in [-0.4, -0.2) is 36.6 Å². The molecule has 1 saturated heterocycles. The van der Waals surface area contributed by atoms with Crippen LogP contribution in [-0.2, 0) is 0 Å². The minimum absolute atomic E-state index is 0.509. The number of rotatable bonds is 4. The largest absolute Gasteiger partial charge is 0.369 e. The van der Waals surface area contributed by atoms with E-state index in [2.05, 4.69) is 54.0 Å². The van der Waals surface area contributed by atoms with Gasteiger partial charge in [0, 0.05) is 37.4 Å². The van der Waals surface area contributed by atoms with E-state index < -0.39 is 0 Å². The molecule has 0 atom stereocenters. The molecule has 22 heavy (non-hydrogen) atoms. The van der Waals surface area contributed by atoms with Crippen LogP contribution < -0.4 is 4.90 Å². The molecule has 0 spiro atoms. The molecule has 1 aliphatic heterocycles. The van der Waals surface area contributed by atoms with E-state index in [0.717, 1.165) is 5.92 Å². The van der Waals surface area contributed by atoms with Crippen LogP contribution in [0.5, 0.6) is 0 Å². The second-order valence-corrected chi connectivity index (χ2v) is 7.69. The van der Waals surface area contributed by atoms with Gasteiger partial charge in [0.05, 0.1) is 0 Å². The summed E-state index contributed by atoms with van der Waals surface area (Å²) in [6.45, 7) is 9.64. The van der Waals surface area contributed by atoms with Gasteiger partial charge in [-0.25, -0.2) is 0 Å². The van der Waals surface area contributed by atoms with Gasteiger partial charge in [0.2, 0.25) is 0 Å². The third-order valence-electron chi connectivity index (χ3n) is 5.64. The first-order valence-corrected chi connectivity index (χ1v) is 9.25. The SMILES string of the molecule is CC(C)CC1(N2CCN(c3ccccc3)CC2)CCCCC1. The van der Waals surface area contributed by atoms with Crippen molar-refractivity contribution >= 4 is 5.69 Å². The monoisotopic (exact) mass is 300 g/mol. The van der Waals surface area contributed by atoms with Gasteiger partial charge in [0.25, 0.3) is 0 Å². The van der Waals surface area contributed by atoms with E-state index in [1.807, 2.05) is 0 Å². The molecule has 0 amide bonds. The molecule has 1 heterocycles. The lowest BCUT2D eigenvalue weighted by atomic mass is 9.75. The van der Waals surface area contributed by atoms with Crippen molar-refractivity contribution in [3.8, 4) is 0 Å². The lowest BCUT2D eigenvalue weighted by Crippen LogP contribution is -2.58. The molecule has 0 aromatic heterocycles. The Kier molecular flexibility index (Phi) is 5.07. The Labute approximate surface area is 136 Å². The highest BCUT2D eigenvalue weighted by molar-refractivity contribution is 5.46. The van der Waals surface area contributed by atoms with Gasteiger partial charge in [-0.3, -0.25) is 4.90 Å². The summed E-state index contributed by atoms with van der Waals surface area (Å²) in [5.74, 6) is 0.810. The molecule has 3 rings (SSSR count). The van der Waals surface area contributed by atoms with E-state index in [4.69, 9.17) is 0 Å². The third kappa shape index (κ3) is 3.48. The molecule has 0 N–H and O–H groups in total. The number of anilines is 1. The zero-order valence-electron chi connectivity index (χ0n) is 14.4. The average Bonchev–Trinajstić information content (AvgIpc) is 2.56. The highest BCUT2D eigenvalue weighted by Gasteiger charge is 2.39. The average molecular weight is 300 g/mol. The Bertz CT molecular complexity index is 440. The summed E-state index contributed by atoms with van der Waals surface area (Å²) in [7, 11) is 0. The molecule has 2 heteroatoms. The van der Waals surface area contributed by atoms with Crippen molar-refractivity contribution in [1.82, 2.24) is 4.90 Å². The molecule has 2 fully saturated rings. The van der Waals surface area contributed by atoms with Crippen molar-refractivity contribution in [3.05, 3.63) is 30.3 Å². The standard InChI is InChI=1S/C20H32N2/c1-18(2)17-20(11-7-4-8-12-20)22-15-13-21(14-16-22)19-9-5-3-6-10-19/h3,5-6,9-10,18H,4,7-8,11-17H2,1-2H3. The third-order valence-corrected chi connectivity index (χ3v) is 5.64. The van der Waals surface area contributed by atoms with Gasteiger partial charge >= 0.3 is 0 Å². The molecule has 1 aromatic carbocycles. The molecule has 0 unspecified atom stereocenters. The fraction of sp³-hybridized carbons (Fsp3) is 0.700. The number of nitrogens with zero attached hydrogens (tertiary/aromatic N) is 2. The predicted octanol–water partition coefficient (Wildman–Crippen LogP) is 4.56. The maximum atomic E-state index is 2.85. The molecule has 0 bridgehead atoms. The molecule has 1 aliphatic carbocycles. The highest BCUT2D eigenvalue weighted by atomic mass is 15.3. The van der Waals surface area contributed by atoms with E-state index in [1.165, 1.54) is 70.4 Å². The van der Waals surface area contributed by atoms with Crippen molar-refractivity contribution < 1.29 is 0 Å². The molecule has 122 valence electrons. The summed E-state index contributed by atoms with van der Waals surface area (Å²) in [5, 5.41) is 0. The van der Waals surface area contributed by atoms with Gasteiger partial charge in [-0.2, -0.15) is 0 Å². The van der Waals surface area contributed by atoms with Crippen LogP contribution >= 0.6 is 0 Å². The van der Waals surface area contributed by atoms with Gasteiger partial charge in [-0.05, 0) is 37.3 Å². The fourth-order valence-corrected chi connectivity index (χ4v) is 4.70. The van der Waals surface area contributed by atoms with E-state index in [9.17, 15) is 0 Å². The van der Waals surface area contributed by atoms with E-state index >= 15 is 0 Å². The van der Waals surface area contributed by atoms with E-state index in [-0.39, 0.29) is 0 Å². The lowest BCUT2D eigenvalue weighted by Gasteiger charge is -2.51. The summed E-state index contributed by atoms with van der Waals surface area (Å²) in [6.07, 6.45) is 8.56. The second kappa shape index (κ2) is 7.04. The number of piperazine rings is 1. The first-order valence-electron chi connectivity index (χ1n) is 9.25. The number of benzene rings is 1. The minimum atomic E-state index is 0.509. The summed E-state index contributed by atoms with van der Waals surface area (Å²) in [4.78, 5) is 5.41. The Morgan fingerprint density at radius 3 is 2.14 bits per heavy atom. The Balaban J connectivity index is 1.65. The highest BCUT2D eigenvalue weighted by Crippen LogP contribution is 2.39. The minimum Gasteiger partial charge on any atom is -0.369 e. The predicted molar refractivity (Wildman–Crippen MR) is 95.5 cm³/mol. The quantitative estimate of drug-likeness (QED) is 0.804. The van der Waals surface area contributed by atoms with Crippen LogP contribution in [0.15, 0.2) is 30.3 Å². The molecular weight excluding hydrogens is 268 g/mol. The van der Waals surface area contributed by atoms with Crippen LogP contribution in [0.1, 0.15) is 52.4 Å². The van der Waals surface area contributed by atoms with Gasteiger partial charge in [0.15, 0.2) is 0 Å². The number of para-hydroxylation sites is 1. The van der Waals surface area contributed by atoms with Crippen LogP contribution in [0.4, 0.5) is 5.69 Å². The summed E-state index contributed by atoms with van der Waals surface area (Å²) in [6, 6.07) is 10.9. The molecule has 1 saturated carbocycles. The van der Waals surface area contributed by atoms with Crippen molar-refractivity contribution in [3.63, 3.8) is 0 Å². The van der Waals surface area contributed by atoms with Crippen LogP contribution in [0.25, 0.3) is 0 Å². The zero-order chi connectivity index (χ0) is 15.4. The molecule has 0 radical (unpaired) electrons. The lowest BCUT2D eigenvalue weighted by molar-refractivity contribution is 0.0271. The maximum Gasteiger partial charge on any atom is 0.0367 e. The van der Waals surface area contributed by atoms with Crippen LogP contribution in [0.2, 0.25) is 0 Å². The first-order chi connectivity index (χ1) is 10.7. The maximum absolute atomic E-state index is 2.85. The molecule has 2 nitrogen and oxygen atoms in total. The first kappa shape index (κ1) is 15.9. The van der Waals surface area contributed by atoms with Crippen molar-refractivity contribution in [2.24, 2.45) is 5.92 Å². The second-order valence-electron chi connectivity index (χ2n) is 7.69. The molecule has 2 aliphatic rings. The van der Waals surface area contributed by atoms with E-state index in [0.29, 0.717) is 5.54 Å². The Hall–Kier alpha value is -1.02. The molecule has 1 aromatic rings. The van der Waals surface area contributed by atoms with Gasteiger partial charge in [0.1, 0.15) is 0 Å². The fourth-order valence-electron chi connectivity index (χ4n) is 4.70. The topological polar surface area (TPSA) is 6.48 Å². The Morgan fingerprint density at radius 2 is 1.55 bits per heavy atom. The Morgan fingerprint density at radius 1 is 0.909 bits per heavy atom.